The number of hydrogen-bond acceptors (Lipinski definition) is 4. The van der Waals surface area contributed by atoms with Crippen LogP contribution >= 0.6 is 0 Å². The first-order chi connectivity index (χ1) is 5.52. The first-order valence-corrected chi connectivity index (χ1v) is 2.97. The van der Waals surface area contributed by atoms with Crippen LogP contribution in [0.3, 0.4) is 0 Å². The van der Waals surface area contributed by atoms with E-state index in [2.05, 4.69) is 0 Å². The molecule has 0 aliphatic carbocycles. The number of carbonyl (C=O) groups is 4. The van der Waals surface area contributed by atoms with Gasteiger partial charge in [0.15, 0.2) is 5.92 Å². The van der Waals surface area contributed by atoms with Crippen LogP contribution in [0.4, 0.5) is 4.79 Å². The summed E-state index contributed by atoms with van der Waals surface area (Å²) in [7, 11) is 0. The highest BCUT2D eigenvalue weighted by Gasteiger charge is 2.38. The minimum atomic E-state index is -1.61. The lowest BCUT2D eigenvalue weighted by atomic mass is 10.1. The third kappa shape index (κ3) is 1.24. The van der Waals surface area contributed by atoms with Gasteiger partial charge in [-0.25, -0.2) is 4.79 Å². The second-order valence-electron chi connectivity index (χ2n) is 2.14. The van der Waals surface area contributed by atoms with E-state index in [1.54, 1.807) is 10.6 Å². The van der Waals surface area contributed by atoms with Crippen molar-refractivity contribution in [3.8, 4) is 0 Å². The lowest BCUT2D eigenvalue weighted by Crippen LogP contribution is -2.59. The van der Waals surface area contributed by atoms with Gasteiger partial charge in [-0.3, -0.25) is 25.0 Å². The average molecular weight is 171 g/mol. The lowest BCUT2D eigenvalue weighted by molar-refractivity contribution is -0.141. The monoisotopic (exact) mass is 171 g/mol. The Kier molecular flexibility index (Phi) is 1.78. The molecule has 0 aromatic heterocycles. The Morgan fingerprint density at radius 1 is 1.17 bits per heavy atom. The fraction of sp³-hybridized carbons (Fsp3) is 0.200. The minimum Gasteiger partial charge on any atom is -0.369 e. The van der Waals surface area contributed by atoms with Gasteiger partial charge in [0.2, 0.25) is 17.7 Å². The fourth-order valence-electron chi connectivity index (χ4n) is 0.777. The lowest BCUT2D eigenvalue weighted by Gasteiger charge is -2.17. The quantitative estimate of drug-likeness (QED) is 0.376. The van der Waals surface area contributed by atoms with Crippen molar-refractivity contribution >= 4 is 23.8 Å². The van der Waals surface area contributed by atoms with E-state index in [9.17, 15) is 19.2 Å². The predicted molar refractivity (Wildman–Crippen MR) is 34.4 cm³/mol. The van der Waals surface area contributed by atoms with E-state index in [4.69, 9.17) is 5.73 Å². The van der Waals surface area contributed by atoms with Crippen LogP contribution in [-0.2, 0) is 14.4 Å². The minimum absolute atomic E-state index is 0.942. The first-order valence-electron chi connectivity index (χ1n) is 2.97. The highest BCUT2D eigenvalue weighted by molar-refractivity contribution is 6.25. The van der Waals surface area contributed by atoms with Gasteiger partial charge < -0.3 is 5.73 Å². The van der Waals surface area contributed by atoms with Crippen LogP contribution in [0, 0.1) is 5.92 Å². The van der Waals surface area contributed by atoms with Crippen molar-refractivity contribution in [3.05, 3.63) is 0 Å². The molecule has 1 aliphatic heterocycles. The number of nitrogens with one attached hydrogen (secondary N) is 2. The van der Waals surface area contributed by atoms with Gasteiger partial charge in [-0.2, -0.15) is 0 Å². The topological polar surface area (TPSA) is 118 Å². The molecule has 4 N–H and O–H groups in total. The molecule has 0 atom stereocenters. The Morgan fingerprint density at radius 3 is 1.92 bits per heavy atom. The fourth-order valence-corrected chi connectivity index (χ4v) is 0.777. The number of hydrogen-bond donors (Lipinski definition) is 3. The van der Waals surface area contributed by atoms with E-state index in [0.717, 1.165) is 0 Å². The summed E-state index contributed by atoms with van der Waals surface area (Å²) in [6.07, 6.45) is 0. The van der Waals surface area contributed by atoms with Gasteiger partial charge in [0.05, 0.1) is 0 Å². The molecule has 1 saturated heterocycles. The summed E-state index contributed by atoms with van der Waals surface area (Å²) < 4.78 is 0. The molecule has 7 heteroatoms. The van der Waals surface area contributed by atoms with Crippen molar-refractivity contribution in [1.29, 1.82) is 0 Å². The second kappa shape index (κ2) is 2.61. The van der Waals surface area contributed by atoms with Crippen LogP contribution in [0.2, 0.25) is 0 Å². The average Bonchev–Trinajstić information content (AvgIpc) is 1.82. The van der Waals surface area contributed by atoms with Gasteiger partial charge in [0.1, 0.15) is 0 Å². The van der Waals surface area contributed by atoms with Crippen molar-refractivity contribution in [2.24, 2.45) is 11.7 Å². The van der Waals surface area contributed by atoms with Gasteiger partial charge in [0.25, 0.3) is 0 Å². The number of carbonyl (C=O) groups excluding carboxylic acids is 4. The smallest absolute Gasteiger partial charge is 0.328 e. The maximum Gasteiger partial charge on any atom is 0.328 e. The van der Waals surface area contributed by atoms with Gasteiger partial charge >= 0.3 is 6.03 Å². The molecule has 0 aromatic carbocycles. The van der Waals surface area contributed by atoms with Gasteiger partial charge in [-0.15, -0.1) is 0 Å². The summed E-state index contributed by atoms with van der Waals surface area (Å²) in [6.45, 7) is 0. The normalized spacial score (nSPS) is 18.5. The van der Waals surface area contributed by atoms with Gasteiger partial charge in [-0.1, -0.05) is 0 Å². The number of imide groups is 2. The molecule has 5 amide bonds. The van der Waals surface area contributed by atoms with Crippen molar-refractivity contribution in [1.82, 2.24) is 10.6 Å². The molecule has 0 bridgehead atoms. The van der Waals surface area contributed by atoms with Crippen LogP contribution < -0.4 is 16.4 Å². The molecule has 1 fully saturated rings. The number of nitrogens with two attached hydrogens (primary N) is 1. The number of barbiturate groups is 1. The Labute approximate surface area is 66.3 Å². The molecule has 1 rings (SSSR count). The van der Waals surface area contributed by atoms with Crippen LogP contribution in [0.5, 0.6) is 0 Å². The Morgan fingerprint density at radius 2 is 1.58 bits per heavy atom. The summed E-state index contributed by atoms with van der Waals surface area (Å²) in [6, 6.07) is -0.942. The zero-order chi connectivity index (χ0) is 9.30. The molecule has 1 aliphatic rings. The van der Waals surface area contributed by atoms with Crippen LogP contribution in [0.25, 0.3) is 0 Å². The van der Waals surface area contributed by atoms with E-state index in [-0.39, 0.29) is 0 Å². The van der Waals surface area contributed by atoms with E-state index in [0.29, 0.717) is 0 Å². The maximum atomic E-state index is 10.8. The van der Waals surface area contributed by atoms with Crippen molar-refractivity contribution in [3.63, 3.8) is 0 Å². The predicted octanol–water partition coefficient (Wildman–Crippen LogP) is -2.55. The number of amides is 5. The van der Waals surface area contributed by atoms with Crippen molar-refractivity contribution in [2.75, 3.05) is 0 Å². The molecule has 7 nitrogen and oxygen atoms in total. The zero-order valence-corrected chi connectivity index (χ0v) is 5.79. The third-order valence-corrected chi connectivity index (χ3v) is 1.28. The molecular weight excluding hydrogens is 166 g/mol. The van der Waals surface area contributed by atoms with Crippen LogP contribution in [0.1, 0.15) is 0 Å². The molecular formula is C5H5N3O4. The van der Waals surface area contributed by atoms with Crippen molar-refractivity contribution < 1.29 is 19.2 Å². The summed E-state index contributed by atoms with van der Waals surface area (Å²) in [4.78, 5) is 42.4. The molecule has 64 valence electrons. The maximum absolute atomic E-state index is 10.8. The summed E-state index contributed by atoms with van der Waals surface area (Å²) in [5, 5.41) is 3.46. The molecule has 0 aromatic rings. The zero-order valence-electron chi connectivity index (χ0n) is 5.79. The molecule has 1 heterocycles. The van der Waals surface area contributed by atoms with Gasteiger partial charge in [0, 0.05) is 0 Å². The largest absolute Gasteiger partial charge is 0.369 e. The summed E-state index contributed by atoms with van der Waals surface area (Å²) in [5.41, 5.74) is 4.72. The Balaban J connectivity index is 2.88. The van der Waals surface area contributed by atoms with E-state index in [1.807, 2.05) is 0 Å². The second-order valence-corrected chi connectivity index (χ2v) is 2.14. The summed E-state index contributed by atoms with van der Waals surface area (Å²) >= 11 is 0. The molecule has 0 unspecified atom stereocenters. The SMILES string of the molecule is NC(=O)C1C(=O)NC(=O)NC1=O. The number of rotatable bonds is 1. The number of primary amides is 1. The van der Waals surface area contributed by atoms with E-state index >= 15 is 0 Å². The highest BCUT2D eigenvalue weighted by atomic mass is 16.2. The van der Waals surface area contributed by atoms with Crippen LogP contribution in [0.15, 0.2) is 0 Å². The highest BCUT2D eigenvalue weighted by Crippen LogP contribution is 1.99. The van der Waals surface area contributed by atoms with Crippen LogP contribution in [-0.4, -0.2) is 23.8 Å². The van der Waals surface area contributed by atoms with Gasteiger partial charge in [-0.05, 0) is 0 Å². The summed E-state index contributed by atoms with van der Waals surface area (Å²) in [5.74, 6) is -4.67. The van der Waals surface area contributed by atoms with Crippen molar-refractivity contribution in [2.45, 2.75) is 0 Å². The molecule has 0 radical (unpaired) electrons. The Hall–Kier alpha value is -1.92. The van der Waals surface area contributed by atoms with E-state index in [1.165, 1.54) is 0 Å². The third-order valence-electron chi connectivity index (χ3n) is 1.28. The Bertz CT molecular complexity index is 264. The van der Waals surface area contributed by atoms with E-state index < -0.39 is 29.7 Å². The number of urea groups is 1. The molecule has 12 heavy (non-hydrogen) atoms. The molecule has 0 spiro atoms. The first kappa shape index (κ1) is 8.18. The standard InChI is InChI=1S/C5H5N3O4/c6-2(9)1-3(10)7-5(12)8-4(1)11/h1H,(H2,6,9)(H2,7,8,10,11,12). The molecule has 0 saturated carbocycles.